The van der Waals surface area contributed by atoms with E-state index in [-0.39, 0.29) is 51.0 Å². The molecule has 1 unspecified atom stereocenters. The first-order chi connectivity index (χ1) is 9.31. The van der Waals surface area contributed by atoms with Gasteiger partial charge in [0.05, 0.1) is 0 Å². The minimum Gasteiger partial charge on any atom is -1.00 e. The van der Waals surface area contributed by atoms with Gasteiger partial charge in [0.25, 0.3) is 0 Å². The maximum atomic E-state index is 3.64. The summed E-state index contributed by atoms with van der Waals surface area (Å²) in [6.45, 7) is 2.15. The first kappa shape index (κ1) is 19.4. The third-order valence-electron chi connectivity index (χ3n) is 4.09. The van der Waals surface area contributed by atoms with Gasteiger partial charge >= 0.3 is 26.2 Å². The van der Waals surface area contributed by atoms with Crippen LogP contribution in [-0.2, 0) is 32.6 Å². The largest absolute Gasteiger partial charge is 3.00 e. The van der Waals surface area contributed by atoms with E-state index >= 15 is 0 Å². The molecular formula is C19H15Cl2Zr. The van der Waals surface area contributed by atoms with Crippen LogP contribution in [0.15, 0.2) is 60.2 Å². The van der Waals surface area contributed by atoms with Gasteiger partial charge in [-0.05, 0) is 19.3 Å². The molecule has 0 aromatic heterocycles. The van der Waals surface area contributed by atoms with Crippen molar-refractivity contribution in [1.82, 2.24) is 0 Å². The molecule has 0 heterocycles. The van der Waals surface area contributed by atoms with E-state index in [0.29, 0.717) is 5.92 Å². The molecule has 2 aliphatic rings. The van der Waals surface area contributed by atoms with E-state index in [2.05, 4.69) is 67.6 Å². The second kappa shape index (κ2) is 7.78. The fraction of sp³-hybridized carbons (Fsp3) is 0.158. The van der Waals surface area contributed by atoms with Gasteiger partial charge in [-0.2, -0.15) is 23.8 Å². The maximum Gasteiger partial charge on any atom is 3.00 e. The molecule has 0 saturated heterocycles. The summed E-state index contributed by atoms with van der Waals surface area (Å²) >= 11 is 0. The fourth-order valence-corrected chi connectivity index (χ4v) is 3.11. The van der Waals surface area contributed by atoms with Crippen molar-refractivity contribution in [3.05, 3.63) is 83.0 Å². The summed E-state index contributed by atoms with van der Waals surface area (Å²) in [5, 5.41) is 0. The van der Waals surface area contributed by atoms with E-state index in [1.54, 1.807) is 0 Å². The summed E-state index contributed by atoms with van der Waals surface area (Å²) in [5.41, 5.74) is 8.17. The molecular weight excluding hydrogens is 390 g/mol. The third-order valence-corrected chi connectivity index (χ3v) is 4.09. The Morgan fingerprint density at radius 3 is 2.50 bits per heavy atom. The third kappa shape index (κ3) is 3.33. The molecule has 0 bridgehead atoms. The molecule has 0 amide bonds. The maximum absolute atomic E-state index is 3.64. The average Bonchev–Trinajstić information content (AvgIpc) is 3.01. The fourth-order valence-electron chi connectivity index (χ4n) is 3.11. The van der Waals surface area contributed by atoms with Gasteiger partial charge in [0.2, 0.25) is 0 Å². The van der Waals surface area contributed by atoms with Crippen LogP contribution >= 0.6 is 0 Å². The zero-order chi connectivity index (χ0) is 12.8. The summed E-state index contributed by atoms with van der Waals surface area (Å²) in [6.07, 6.45) is 7.79. The van der Waals surface area contributed by atoms with Gasteiger partial charge in [-0.15, -0.1) is 11.1 Å². The number of fused-ring (bicyclic) bond motifs is 3. The number of allylic oxidation sites excluding steroid dienone is 4. The molecule has 1 atom stereocenters. The normalized spacial score (nSPS) is 16.6. The average molecular weight is 405 g/mol. The zero-order valence-electron chi connectivity index (χ0n) is 12.2. The Morgan fingerprint density at radius 1 is 1.00 bits per heavy atom. The van der Waals surface area contributed by atoms with Gasteiger partial charge < -0.3 is 24.8 Å². The molecule has 2 aromatic rings. The SMILES string of the molecule is CC1=CC(c2[c-]c3c(cc2)-c2ccccc2C3)C=C1.[Cl-].[Cl-].[Zr+3]. The Balaban J connectivity index is 0.000000807. The van der Waals surface area contributed by atoms with Crippen molar-refractivity contribution in [2.24, 2.45) is 0 Å². The second-order valence-corrected chi connectivity index (χ2v) is 5.44. The molecule has 0 saturated carbocycles. The van der Waals surface area contributed by atoms with Crippen LogP contribution in [0.2, 0.25) is 0 Å². The molecule has 3 heteroatoms. The Bertz CT molecular complexity index is 732. The number of benzene rings is 2. The standard InChI is InChI=1S/C19H15.2ClH.Zr/c1-13-6-7-14(10-13)15-8-9-19-17(11-15)12-16-4-2-3-5-18(16)19;;;/h2-10,14H,12H2,1H3;2*1H;/q-1;;;+3/p-2. The van der Waals surface area contributed by atoms with Crippen molar-refractivity contribution >= 4 is 0 Å². The molecule has 0 fully saturated rings. The van der Waals surface area contributed by atoms with Crippen LogP contribution in [0.5, 0.6) is 0 Å². The Kier molecular flexibility index (Phi) is 6.87. The van der Waals surface area contributed by atoms with Crippen LogP contribution in [0, 0.1) is 6.07 Å². The predicted octanol–water partition coefficient (Wildman–Crippen LogP) is -1.34. The number of hydrogen-bond acceptors (Lipinski definition) is 0. The first-order valence-electron chi connectivity index (χ1n) is 6.81. The van der Waals surface area contributed by atoms with Gasteiger partial charge in [-0.1, -0.05) is 59.2 Å². The van der Waals surface area contributed by atoms with E-state index in [9.17, 15) is 0 Å². The Morgan fingerprint density at radius 2 is 1.77 bits per heavy atom. The minimum atomic E-state index is 0. The van der Waals surface area contributed by atoms with Gasteiger partial charge in [-0.25, -0.2) is 0 Å². The van der Waals surface area contributed by atoms with Gasteiger partial charge in [-0.3, -0.25) is 0 Å². The number of rotatable bonds is 1. The van der Waals surface area contributed by atoms with Crippen molar-refractivity contribution in [3.63, 3.8) is 0 Å². The van der Waals surface area contributed by atoms with Gasteiger partial charge in [0.15, 0.2) is 0 Å². The summed E-state index contributed by atoms with van der Waals surface area (Å²) in [4.78, 5) is 0. The van der Waals surface area contributed by atoms with Crippen molar-refractivity contribution in [2.45, 2.75) is 19.3 Å². The van der Waals surface area contributed by atoms with Crippen LogP contribution in [0.1, 0.15) is 29.5 Å². The van der Waals surface area contributed by atoms with Crippen LogP contribution in [0.4, 0.5) is 0 Å². The zero-order valence-corrected chi connectivity index (χ0v) is 16.2. The van der Waals surface area contributed by atoms with Gasteiger partial charge in [0.1, 0.15) is 0 Å². The van der Waals surface area contributed by atoms with Crippen molar-refractivity contribution in [1.29, 1.82) is 0 Å². The molecule has 22 heavy (non-hydrogen) atoms. The van der Waals surface area contributed by atoms with Crippen LogP contribution in [-0.4, -0.2) is 0 Å². The summed E-state index contributed by atoms with van der Waals surface area (Å²) in [5.74, 6) is 0.411. The van der Waals surface area contributed by atoms with Crippen LogP contribution < -0.4 is 24.8 Å². The van der Waals surface area contributed by atoms with Crippen molar-refractivity contribution in [2.75, 3.05) is 0 Å². The summed E-state index contributed by atoms with van der Waals surface area (Å²) in [7, 11) is 0. The van der Waals surface area contributed by atoms with Crippen LogP contribution in [0.3, 0.4) is 0 Å². The Labute approximate surface area is 163 Å². The van der Waals surface area contributed by atoms with E-state index in [4.69, 9.17) is 0 Å². The molecule has 109 valence electrons. The molecule has 0 nitrogen and oxygen atoms in total. The van der Waals surface area contributed by atoms with E-state index in [1.807, 2.05) is 0 Å². The molecule has 0 spiro atoms. The van der Waals surface area contributed by atoms with E-state index in [1.165, 1.54) is 33.4 Å². The van der Waals surface area contributed by atoms with Crippen molar-refractivity contribution < 1.29 is 51.0 Å². The molecule has 2 aliphatic carbocycles. The topological polar surface area (TPSA) is 0 Å². The van der Waals surface area contributed by atoms with Crippen molar-refractivity contribution in [3.8, 4) is 11.1 Å². The first-order valence-corrected chi connectivity index (χ1v) is 6.81. The number of halogens is 2. The smallest absolute Gasteiger partial charge is 1.00 e. The molecule has 1 radical (unpaired) electrons. The molecule has 4 rings (SSSR count). The quantitative estimate of drug-likeness (QED) is 0.440. The summed E-state index contributed by atoms with van der Waals surface area (Å²) in [6, 6.07) is 16.8. The minimum absolute atomic E-state index is 0. The molecule has 0 aliphatic heterocycles. The monoisotopic (exact) mass is 403 g/mol. The second-order valence-electron chi connectivity index (χ2n) is 5.44. The van der Waals surface area contributed by atoms with Crippen LogP contribution in [0.25, 0.3) is 11.1 Å². The number of hydrogen-bond donors (Lipinski definition) is 0. The Hall–Kier alpha value is -0.617. The summed E-state index contributed by atoms with van der Waals surface area (Å²) < 4.78 is 0. The molecule has 0 N–H and O–H groups in total. The predicted molar refractivity (Wildman–Crippen MR) is 79.2 cm³/mol. The van der Waals surface area contributed by atoms with Gasteiger partial charge in [0, 0.05) is 0 Å². The molecule has 2 aromatic carbocycles. The van der Waals surface area contributed by atoms with E-state index < -0.39 is 0 Å². The van der Waals surface area contributed by atoms with E-state index in [0.717, 1.165) is 6.42 Å².